The second-order valence-electron chi connectivity index (χ2n) is 7.56. The monoisotopic (exact) mass is 424 g/mol. The number of nitrogens with one attached hydrogen (secondary N) is 1. The van der Waals surface area contributed by atoms with Gasteiger partial charge in [-0.3, -0.25) is 18.7 Å². The van der Waals surface area contributed by atoms with Crippen LogP contribution in [-0.4, -0.2) is 33.1 Å². The predicted molar refractivity (Wildman–Crippen MR) is 117 cm³/mol. The predicted octanol–water partition coefficient (Wildman–Crippen LogP) is 1.75. The second-order valence-corrected chi connectivity index (χ2v) is 7.56. The second kappa shape index (κ2) is 8.17. The maximum Gasteiger partial charge on any atom is 0.338 e. The molecule has 0 unspecified atom stereocenters. The third-order valence-corrected chi connectivity index (χ3v) is 5.07. The molecule has 0 aliphatic carbocycles. The van der Waals surface area contributed by atoms with Crippen molar-refractivity contribution >= 4 is 28.6 Å². The summed E-state index contributed by atoms with van der Waals surface area (Å²) in [5.74, 6) is -1.26. The number of nitrogens with zero attached hydrogens (tertiary/aromatic N) is 3. The number of methoxy groups -OCH3 is 1. The van der Waals surface area contributed by atoms with Gasteiger partial charge in [-0.05, 0) is 44.9 Å². The molecule has 0 fully saturated rings. The van der Waals surface area contributed by atoms with Gasteiger partial charge in [-0.1, -0.05) is 17.7 Å². The average molecular weight is 424 g/mol. The molecular weight excluding hydrogens is 400 g/mol. The van der Waals surface area contributed by atoms with E-state index in [2.05, 4.69) is 10.3 Å². The molecule has 0 aliphatic rings. The van der Waals surface area contributed by atoms with E-state index < -0.39 is 29.7 Å². The van der Waals surface area contributed by atoms with Crippen molar-refractivity contribution in [3.8, 4) is 0 Å². The highest BCUT2D eigenvalue weighted by atomic mass is 16.5. The normalized spacial score (nSPS) is 10.9. The lowest BCUT2D eigenvalue weighted by atomic mass is 10.1. The van der Waals surface area contributed by atoms with Gasteiger partial charge in [0.2, 0.25) is 5.91 Å². The Bertz CT molecular complexity index is 1330. The minimum atomic E-state index is -0.779. The van der Waals surface area contributed by atoms with Crippen molar-refractivity contribution in [1.82, 2.24) is 14.1 Å². The van der Waals surface area contributed by atoms with Crippen LogP contribution in [0.2, 0.25) is 0 Å². The first-order chi connectivity index (χ1) is 14.5. The van der Waals surface area contributed by atoms with Gasteiger partial charge in [0.05, 0.1) is 18.1 Å². The Balaban J connectivity index is 2.12. The van der Waals surface area contributed by atoms with Crippen LogP contribution in [0.25, 0.3) is 11.0 Å². The summed E-state index contributed by atoms with van der Waals surface area (Å²) in [6, 6.07) is 5.28. The van der Waals surface area contributed by atoms with E-state index in [1.807, 2.05) is 32.9 Å². The summed E-state index contributed by atoms with van der Waals surface area (Å²) in [5.41, 5.74) is 2.44. The number of pyridine rings is 1. The number of hydrogen-bond donors (Lipinski definition) is 1. The Labute approximate surface area is 178 Å². The third-order valence-electron chi connectivity index (χ3n) is 5.07. The molecule has 1 amide bonds. The molecule has 0 atom stereocenters. The fourth-order valence-electron chi connectivity index (χ4n) is 3.71. The Morgan fingerprint density at radius 1 is 1.06 bits per heavy atom. The van der Waals surface area contributed by atoms with Crippen LogP contribution in [-0.2, 0) is 23.1 Å². The summed E-state index contributed by atoms with van der Waals surface area (Å²) < 4.78 is 6.72. The number of esters is 1. The van der Waals surface area contributed by atoms with Gasteiger partial charge >= 0.3 is 11.7 Å². The van der Waals surface area contributed by atoms with Crippen LogP contribution in [0.4, 0.5) is 5.69 Å². The number of benzene rings is 1. The number of rotatable bonds is 4. The summed E-state index contributed by atoms with van der Waals surface area (Å²) in [6.07, 6.45) is 0. The van der Waals surface area contributed by atoms with Crippen LogP contribution in [0.15, 0.2) is 27.8 Å². The number of carbonyl (C=O) groups excluding carboxylic acids is 2. The molecule has 3 aromatic rings. The van der Waals surface area contributed by atoms with Gasteiger partial charge < -0.3 is 10.1 Å². The maximum absolute atomic E-state index is 13.1. The van der Waals surface area contributed by atoms with E-state index >= 15 is 0 Å². The van der Waals surface area contributed by atoms with Crippen molar-refractivity contribution in [3.05, 3.63) is 67.0 Å². The summed E-state index contributed by atoms with van der Waals surface area (Å²) in [7, 11) is 2.63. The molecule has 162 valence electrons. The van der Waals surface area contributed by atoms with Crippen LogP contribution in [0, 0.1) is 27.7 Å². The topological polar surface area (TPSA) is 112 Å². The standard InChI is InChI=1S/C22H24N4O5/c1-11-7-12(2)18(13(3)8-11)24-16(27)10-26-20(28)17-15(21(29)31-6)9-14(4)23-19(17)25(5)22(26)30/h7-9H,10H2,1-6H3,(H,24,27). The lowest BCUT2D eigenvalue weighted by Gasteiger charge is -2.15. The number of fused-ring (bicyclic) bond motifs is 1. The van der Waals surface area contributed by atoms with Crippen molar-refractivity contribution in [2.75, 3.05) is 12.4 Å². The van der Waals surface area contributed by atoms with Gasteiger partial charge in [0.15, 0.2) is 0 Å². The summed E-state index contributed by atoms with van der Waals surface area (Å²) in [5, 5.41) is 2.71. The molecule has 1 N–H and O–H groups in total. The summed E-state index contributed by atoms with van der Waals surface area (Å²) >= 11 is 0. The van der Waals surface area contributed by atoms with E-state index in [-0.39, 0.29) is 16.6 Å². The maximum atomic E-state index is 13.1. The Kier molecular flexibility index (Phi) is 5.79. The van der Waals surface area contributed by atoms with Crippen molar-refractivity contribution < 1.29 is 14.3 Å². The summed E-state index contributed by atoms with van der Waals surface area (Å²) in [4.78, 5) is 55.2. The number of aromatic nitrogens is 3. The Morgan fingerprint density at radius 2 is 1.68 bits per heavy atom. The van der Waals surface area contributed by atoms with Gasteiger partial charge in [0.1, 0.15) is 12.2 Å². The molecule has 0 aliphatic heterocycles. The van der Waals surface area contributed by atoms with Crippen molar-refractivity contribution in [3.63, 3.8) is 0 Å². The van der Waals surface area contributed by atoms with E-state index in [0.717, 1.165) is 25.8 Å². The van der Waals surface area contributed by atoms with Crippen molar-refractivity contribution in [2.24, 2.45) is 7.05 Å². The molecule has 9 heteroatoms. The molecule has 2 heterocycles. The van der Waals surface area contributed by atoms with Crippen molar-refractivity contribution in [1.29, 1.82) is 0 Å². The van der Waals surface area contributed by atoms with Crippen LogP contribution in [0.5, 0.6) is 0 Å². The molecule has 0 saturated carbocycles. The zero-order valence-electron chi connectivity index (χ0n) is 18.3. The van der Waals surface area contributed by atoms with Crippen LogP contribution < -0.4 is 16.6 Å². The number of amides is 1. The minimum absolute atomic E-state index is 0.00928. The molecule has 3 rings (SSSR count). The van der Waals surface area contributed by atoms with E-state index in [4.69, 9.17) is 4.74 Å². The van der Waals surface area contributed by atoms with E-state index in [0.29, 0.717) is 11.4 Å². The average Bonchev–Trinajstić information content (AvgIpc) is 2.70. The molecule has 9 nitrogen and oxygen atoms in total. The number of carbonyl (C=O) groups is 2. The largest absolute Gasteiger partial charge is 0.465 e. The lowest BCUT2D eigenvalue weighted by molar-refractivity contribution is -0.116. The van der Waals surface area contributed by atoms with E-state index in [1.165, 1.54) is 20.2 Å². The molecule has 0 spiro atoms. The van der Waals surface area contributed by atoms with Crippen LogP contribution in [0.3, 0.4) is 0 Å². The Hall–Kier alpha value is -3.75. The first-order valence-corrected chi connectivity index (χ1v) is 9.62. The van der Waals surface area contributed by atoms with Crippen LogP contribution in [0.1, 0.15) is 32.7 Å². The van der Waals surface area contributed by atoms with E-state index in [9.17, 15) is 19.2 Å². The molecule has 2 aromatic heterocycles. The minimum Gasteiger partial charge on any atom is -0.465 e. The SMILES string of the molecule is COC(=O)c1cc(C)nc2c1c(=O)n(CC(=O)Nc1c(C)cc(C)cc1C)c(=O)n2C. The first-order valence-electron chi connectivity index (χ1n) is 9.62. The van der Waals surface area contributed by atoms with Gasteiger partial charge in [0.25, 0.3) is 5.56 Å². The molecule has 1 aromatic carbocycles. The van der Waals surface area contributed by atoms with Gasteiger partial charge in [0, 0.05) is 18.4 Å². The van der Waals surface area contributed by atoms with Crippen molar-refractivity contribution in [2.45, 2.75) is 34.2 Å². The smallest absolute Gasteiger partial charge is 0.338 e. The van der Waals surface area contributed by atoms with Gasteiger partial charge in [-0.25, -0.2) is 14.6 Å². The highest BCUT2D eigenvalue weighted by Gasteiger charge is 2.22. The molecule has 0 saturated heterocycles. The fraction of sp³-hybridized carbons (Fsp3) is 0.318. The van der Waals surface area contributed by atoms with Crippen LogP contribution >= 0.6 is 0 Å². The summed E-state index contributed by atoms with van der Waals surface area (Å²) in [6.45, 7) is 6.82. The third kappa shape index (κ3) is 3.98. The zero-order valence-corrected chi connectivity index (χ0v) is 18.3. The molecule has 0 radical (unpaired) electrons. The van der Waals surface area contributed by atoms with Gasteiger partial charge in [-0.15, -0.1) is 0 Å². The highest BCUT2D eigenvalue weighted by molar-refractivity contribution is 6.02. The first kappa shape index (κ1) is 21.9. The quantitative estimate of drug-likeness (QED) is 0.639. The number of ether oxygens (including phenoxy) is 1. The highest BCUT2D eigenvalue weighted by Crippen LogP contribution is 2.22. The zero-order chi connectivity index (χ0) is 23.0. The van der Waals surface area contributed by atoms with E-state index in [1.54, 1.807) is 6.92 Å². The Morgan fingerprint density at radius 3 is 2.26 bits per heavy atom. The molecule has 31 heavy (non-hydrogen) atoms. The molecular formula is C22H24N4O5. The number of anilines is 1. The number of aryl methyl sites for hydroxylation is 5. The lowest BCUT2D eigenvalue weighted by Crippen LogP contribution is -2.42. The number of hydrogen-bond acceptors (Lipinski definition) is 6. The van der Waals surface area contributed by atoms with Gasteiger partial charge in [-0.2, -0.15) is 0 Å². The fourth-order valence-corrected chi connectivity index (χ4v) is 3.71. The molecule has 0 bridgehead atoms.